The van der Waals surface area contributed by atoms with Crippen molar-refractivity contribution in [2.24, 2.45) is 0 Å². The van der Waals surface area contributed by atoms with Crippen LogP contribution in [0, 0.1) is 0 Å². The highest BCUT2D eigenvalue weighted by molar-refractivity contribution is 7.93. The molecule has 1 fully saturated rings. The number of aromatic nitrogens is 1. The van der Waals surface area contributed by atoms with Crippen molar-refractivity contribution in [3.8, 4) is 0 Å². The number of sulfonamides is 1. The molecule has 8 heteroatoms. The summed E-state index contributed by atoms with van der Waals surface area (Å²) in [6, 6.07) is 6.07. The third-order valence-electron chi connectivity index (χ3n) is 3.77. The third-order valence-corrected chi connectivity index (χ3v) is 6.48. The molecule has 23 heavy (non-hydrogen) atoms. The van der Waals surface area contributed by atoms with Crippen LogP contribution < -0.4 is 4.72 Å². The van der Waals surface area contributed by atoms with E-state index in [0.717, 1.165) is 30.9 Å². The fraction of sp³-hybridized carbons (Fsp3) is 0.400. The number of hydrogen-bond donors (Lipinski definition) is 1. The van der Waals surface area contributed by atoms with Gasteiger partial charge in [0.05, 0.1) is 4.90 Å². The Hall–Kier alpha value is -1.15. The van der Waals surface area contributed by atoms with Crippen molar-refractivity contribution in [3.05, 3.63) is 40.4 Å². The quantitative estimate of drug-likeness (QED) is 0.846. The first-order valence-electron chi connectivity index (χ1n) is 7.48. The molecule has 2 heterocycles. The minimum Gasteiger partial charge on any atom is -0.303 e. The molecule has 1 aliphatic rings. The molecule has 1 saturated heterocycles. The molecule has 0 bridgehead atoms. The Bertz CT molecular complexity index is 753. The average Bonchev–Trinajstić information content (AvgIpc) is 3.16. The van der Waals surface area contributed by atoms with Crippen LogP contribution in [0.5, 0.6) is 0 Å². The summed E-state index contributed by atoms with van der Waals surface area (Å²) in [5, 5.41) is 0.902. The number of nitrogens with one attached hydrogen (secondary N) is 1. The highest BCUT2D eigenvalue weighted by Crippen LogP contribution is 2.23. The molecule has 0 spiro atoms. The maximum Gasteiger partial charge on any atom is 0.263 e. The second-order valence-electron chi connectivity index (χ2n) is 5.49. The lowest BCUT2D eigenvalue weighted by atomic mass is 10.3. The number of halogens is 1. The first-order valence-corrected chi connectivity index (χ1v) is 10.2. The molecular weight excluding hydrogens is 354 g/mol. The molecule has 0 amide bonds. The van der Waals surface area contributed by atoms with E-state index in [-0.39, 0.29) is 4.90 Å². The van der Waals surface area contributed by atoms with Crippen molar-refractivity contribution in [3.63, 3.8) is 0 Å². The molecule has 1 aromatic carbocycles. The van der Waals surface area contributed by atoms with E-state index < -0.39 is 10.0 Å². The van der Waals surface area contributed by atoms with Gasteiger partial charge in [-0.15, -0.1) is 11.3 Å². The molecule has 0 unspecified atom stereocenters. The molecule has 124 valence electrons. The number of thiazole rings is 1. The van der Waals surface area contributed by atoms with Crippen molar-refractivity contribution in [1.82, 2.24) is 9.88 Å². The van der Waals surface area contributed by atoms with Gasteiger partial charge in [0.25, 0.3) is 10.0 Å². The average molecular weight is 372 g/mol. The van der Waals surface area contributed by atoms with Crippen molar-refractivity contribution in [2.45, 2.75) is 24.2 Å². The molecule has 5 nitrogen and oxygen atoms in total. The van der Waals surface area contributed by atoms with Crippen LogP contribution in [0.1, 0.15) is 17.7 Å². The fourth-order valence-corrected chi connectivity index (χ4v) is 4.70. The summed E-state index contributed by atoms with van der Waals surface area (Å²) in [7, 11) is -3.62. The van der Waals surface area contributed by atoms with Gasteiger partial charge in [-0.25, -0.2) is 13.4 Å². The van der Waals surface area contributed by atoms with E-state index in [2.05, 4.69) is 14.6 Å². The Labute approximate surface area is 145 Å². The van der Waals surface area contributed by atoms with Gasteiger partial charge in [0, 0.05) is 22.6 Å². The summed E-state index contributed by atoms with van der Waals surface area (Å²) in [5.41, 5.74) is 0. The summed E-state index contributed by atoms with van der Waals surface area (Å²) >= 11 is 7.17. The van der Waals surface area contributed by atoms with Crippen LogP contribution in [0.3, 0.4) is 0 Å². The summed E-state index contributed by atoms with van der Waals surface area (Å²) < 4.78 is 27.1. The Morgan fingerprint density at radius 3 is 2.61 bits per heavy atom. The number of likely N-dealkylation sites (tertiary alicyclic amines) is 1. The van der Waals surface area contributed by atoms with Crippen LogP contribution in [0.2, 0.25) is 5.02 Å². The Morgan fingerprint density at radius 1 is 1.22 bits per heavy atom. The molecule has 0 aliphatic carbocycles. The van der Waals surface area contributed by atoms with Gasteiger partial charge in [-0.2, -0.15) is 0 Å². The summed E-state index contributed by atoms with van der Waals surface area (Å²) in [6.45, 7) is 3.33. The fourth-order valence-electron chi connectivity index (χ4n) is 2.53. The van der Waals surface area contributed by atoms with Gasteiger partial charge in [0.1, 0.15) is 0 Å². The normalized spacial score (nSPS) is 15.9. The van der Waals surface area contributed by atoms with E-state index >= 15 is 0 Å². The number of rotatable bonds is 6. The van der Waals surface area contributed by atoms with Crippen molar-refractivity contribution in [1.29, 1.82) is 0 Å². The highest BCUT2D eigenvalue weighted by atomic mass is 35.5. The topological polar surface area (TPSA) is 62.3 Å². The number of hydrogen-bond acceptors (Lipinski definition) is 5. The van der Waals surface area contributed by atoms with E-state index in [9.17, 15) is 8.42 Å². The van der Waals surface area contributed by atoms with Gasteiger partial charge in [-0.3, -0.25) is 4.72 Å². The predicted molar refractivity (Wildman–Crippen MR) is 93.8 cm³/mol. The zero-order valence-corrected chi connectivity index (χ0v) is 14.9. The largest absolute Gasteiger partial charge is 0.303 e. The van der Waals surface area contributed by atoms with Crippen molar-refractivity contribution in [2.75, 3.05) is 24.4 Å². The maximum atomic E-state index is 12.3. The Morgan fingerprint density at radius 2 is 1.91 bits per heavy atom. The van der Waals surface area contributed by atoms with Crippen molar-refractivity contribution < 1.29 is 8.42 Å². The van der Waals surface area contributed by atoms with Gasteiger partial charge in [-0.1, -0.05) is 11.6 Å². The predicted octanol–water partition coefficient (Wildman–Crippen LogP) is 3.24. The highest BCUT2D eigenvalue weighted by Gasteiger charge is 2.17. The summed E-state index contributed by atoms with van der Waals surface area (Å²) in [4.78, 5) is 7.87. The molecule has 2 aromatic rings. The van der Waals surface area contributed by atoms with Crippen LogP contribution in [0.15, 0.2) is 35.4 Å². The second kappa shape index (κ2) is 7.17. The van der Waals surface area contributed by atoms with E-state index in [1.165, 1.54) is 36.3 Å². The van der Waals surface area contributed by atoms with Crippen LogP contribution in [-0.2, 0) is 16.4 Å². The lowest BCUT2D eigenvalue weighted by Gasteiger charge is -2.12. The van der Waals surface area contributed by atoms with Gasteiger partial charge in [0.15, 0.2) is 5.13 Å². The van der Waals surface area contributed by atoms with Crippen LogP contribution >= 0.6 is 22.9 Å². The molecule has 1 aliphatic heterocycles. The van der Waals surface area contributed by atoms with Gasteiger partial charge in [-0.05, 0) is 56.6 Å². The monoisotopic (exact) mass is 371 g/mol. The standard InChI is InChI=1S/C15H18ClN3O2S2/c16-12-3-5-14(6-4-12)23(20,21)18-15-17-11-13(22-15)7-10-19-8-1-2-9-19/h3-6,11H,1-2,7-10H2,(H,17,18). The van der Waals surface area contributed by atoms with Crippen LogP contribution in [-0.4, -0.2) is 37.9 Å². The third kappa shape index (κ3) is 4.44. The SMILES string of the molecule is O=S(=O)(Nc1ncc(CCN2CCCC2)s1)c1ccc(Cl)cc1. The number of benzene rings is 1. The van der Waals surface area contributed by atoms with E-state index in [1.54, 1.807) is 18.3 Å². The Kier molecular flexibility index (Phi) is 5.21. The second-order valence-corrected chi connectivity index (χ2v) is 8.72. The lowest BCUT2D eigenvalue weighted by Crippen LogP contribution is -2.21. The Balaban J connectivity index is 1.62. The molecule has 0 saturated carbocycles. The van der Waals surface area contributed by atoms with Crippen molar-refractivity contribution >= 4 is 38.1 Å². The maximum absolute atomic E-state index is 12.3. The summed E-state index contributed by atoms with van der Waals surface area (Å²) in [6.07, 6.45) is 5.20. The zero-order chi connectivity index (χ0) is 16.3. The van der Waals surface area contributed by atoms with Crippen LogP contribution in [0.25, 0.3) is 0 Å². The van der Waals surface area contributed by atoms with E-state index in [4.69, 9.17) is 11.6 Å². The minimum absolute atomic E-state index is 0.177. The molecule has 0 radical (unpaired) electrons. The van der Waals surface area contributed by atoms with Gasteiger partial charge < -0.3 is 4.90 Å². The van der Waals surface area contributed by atoms with Gasteiger partial charge >= 0.3 is 0 Å². The first kappa shape index (κ1) is 16.7. The molecule has 0 atom stereocenters. The molecular formula is C15H18ClN3O2S2. The van der Waals surface area contributed by atoms with Gasteiger partial charge in [0.2, 0.25) is 0 Å². The molecule has 1 N–H and O–H groups in total. The lowest BCUT2D eigenvalue weighted by molar-refractivity contribution is 0.344. The smallest absolute Gasteiger partial charge is 0.263 e. The number of anilines is 1. The first-order chi connectivity index (χ1) is 11.0. The van der Waals surface area contributed by atoms with E-state index in [0.29, 0.717) is 10.2 Å². The molecule has 3 rings (SSSR count). The summed E-state index contributed by atoms with van der Waals surface area (Å²) in [5.74, 6) is 0. The minimum atomic E-state index is -3.62. The zero-order valence-electron chi connectivity index (χ0n) is 12.5. The molecule has 1 aromatic heterocycles. The van der Waals surface area contributed by atoms with Crippen LogP contribution in [0.4, 0.5) is 5.13 Å². The van der Waals surface area contributed by atoms with E-state index in [1.807, 2.05) is 0 Å². The number of nitrogens with zero attached hydrogens (tertiary/aromatic N) is 2.